The molecule has 1 aromatic carbocycles. The third-order valence-corrected chi connectivity index (χ3v) is 3.65. The van der Waals surface area contributed by atoms with Crippen LogP contribution in [-0.4, -0.2) is 31.2 Å². The lowest BCUT2D eigenvalue weighted by Crippen LogP contribution is -2.47. The van der Waals surface area contributed by atoms with Crippen molar-refractivity contribution in [2.75, 3.05) is 12.4 Å². The van der Waals surface area contributed by atoms with Crippen molar-refractivity contribution in [3.05, 3.63) is 30.3 Å². The van der Waals surface area contributed by atoms with E-state index in [0.29, 0.717) is 0 Å². The second-order valence-electron chi connectivity index (χ2n) is 5.06. The fraction of sp³-hybridized carbons (Fsp3) is 0.533. The Morgan fingerprint density at radius 3 is 2.74 bits per heavy atom. The molecule has 104 valence electrons. The van der Waals surface area contributed by atoms with E-state index in [0.717, 1.165) is 24.9 Å². The van der Waals surface area contributed by atoms with Crippen LogP contribution in [0.3, 0.4) is 0 Å². The molecule has 0 aromatic heterocycles. The molecule has 0 aliphatic heterocycles. The third kappa shape index (κ3) is 3.78. The number of hydrogen-bond acceptors (Lipinski definition) is 3. The molecule has 3 atom stereocenters. The van der Waals surface area contributed by atoms with Gasteiger partial charge in [-0.05, 0) is 38.3 Å². The highest BCUT2D eigenvalue weighted by molar-refractivity contribution is 5.94. The number of nitrogens with one attached hydrogen (secondary N) is 2. The molecule has 3 unspecified atom stereocenters. The molecule has 1 aromatic rings. The molecule has 1 saturated carbocycles. The summed E-state index contributed by atoms with van der Waals surface area (Å²) < 4.78 is 5.43. The van der Waals surface area contributed by atoms with Crippen LogP contribution in [-0.2, 0) is 9.53 Å². The Bertz CT molecular complexity index is 408. The quantitative estimate of drug-likeness (QED) is 0.855. The smallest absolute Gasteiger partial charge is 0.241 e. The van der Waals surface area contributed by atoms with Crippen LogP contribution in [0, 0.1) is 0 Å². The van der Waals surface area contributed by atoms with Gasteiger partial charge in [0.05, 0.1) is 12.1 Å². The lowest BCUT2D eigenvalue weighted by atomic mass is 10.1. The van der Waals surface area contributed by atoms with E-state index in [1.54, 1.807) is 7.11 Å². The van der Waals surface area contributed by atoms with Gasteiger partial charge in [-0.25, -0.2) is 0 Å². The Morgan fingerprint density at radius 1 is 1.32 bits per heavy atom. The number of methoxy groups -OCH3 is 1. The van der Waals surface area contributed by atoms with Crippen molar-refractivity contribution in [1.82, 2.24) is 5.32 Å². The van der Waals surface area contributed by atoms with Crippen molar-refractivity contribution < 1.29 is 9.53 Å². The van der Waals surface area contributed by atoms with Crippen molar-refractivity contribution in [2.45, 2.75) is 44.4 Å². The summed E-state index contributed by atoms with van der Waals surface area (Å²) in [4.78, 5) is 12.1. The number of ether oxygens (including phenoxy) is 1. The van der Waals surface area contributed by atoms with E-state index in [9.17, 15) is 4.79 Å². The first-order valence-electron chi connectivity index (χ1n) is 6.85. The molecule has 0 heterocycles. The fourth-order valence-electron chi connectivity index (χ4n) is 2.57. The van der Waals surface area contributed by atoms with E-state index in [4.69, 9.17) is 4.74 Å². The Kier molecular flexibility index (Phi) is 4.93. The molecule has 1 amide bonds. The zero-order chi connectivity index (χ0) is 13.7. The normalized spacial score (nSPS) is 24.1. The summed E-state index contributed by atoms with van der Waals surface area (Å²) in [6.07, 6.45) is 3.53. The largest absolute Gasteiger partial charge is 0.380 e. The second kappa shape index (κ2) is 6.68. The summed E-state index contributed by atoms with van der Waals surface area (Å²) in [6, 6.07) is 9.58. The summed E-state index contributed by atoms with van der Waals surface area (Å²) in [5.41, 5.74) is 0.830. The topological polar surface area (TPSA) is 50.4 Å². The lowest BCUT2D eigenvalue weighted by Gasteiger charge is -2.23. The Labute approximate surface area is 114 Å². The number of anilines is 1. The molecule has 2 N–H and O–H groups in total. The lowest BCUT2D eigenvalue weighted by molar-refractivity contribution is -0.118. The van der Waals surface area contributed by atoms with E-state index >= 15 is 0 Å². The molecular formula is C15H22N2O2. The van der Waals surface area contributed by atoms with Gasteiger partial charge in [0, 0.05) is 18.8 Å². The van der Waals surface area contributed by atoms with Crippen molar-refractivity contribution in [3.8, 4) is 0 Å². The predicted octanol–water partition coefficient (Wildman–Crippen LogP) is 2.17. The van der Waals surface area contributed by atoms with Gasteiger partial charge < -0.3 is 15.4 Å². The van der Waals surface area contributed by atoms with Crippen LogP contribution in [0.25, 0.3) is 0 Å². The maximum absolute atomic E-state index is 12.1. The summed E-state index contributed by atoms with van der Waals surface area (Å²) >= 11 is 0. The maximum atomic E-state index is 12.1. The molecule has 2 rings (SSSR count). The summed E-state index contributed by atoms with van der Waals surface area (Å²) in [7, 11) is 1.74. The first-order chi connectivity index (χ1) is 9.20. The highest BCUT2D eigenvalue weighted by Crippen LogP contribution is 2.22. The number of carbonyl (C=O) groups excluding carboxylic acids is 1. The molecule has 4 heteroatoms. The van der Waals surface area contributed by atoms with Crippen molar-refractivity contribution >= 4 is 11.6 Å². The molecular weight excluding hydrogens is 240 g/mol. The van der Waals surface area contributed by atoms with E-state index < -0.39 is 0 Å². The molecule has 0 spiro atoms. The molecule has 0 bridgehead atoms. The molecule has 4 nitrogen and oxygen atoms in total. The third-order valence-electron chi connectivity index (χ3n) is 3.65. The van der Waals surface area contributed by atoms with Crippen LogP contribution in [0.2, 0.25) is 0 Å². The fourth-order valence-corrected chi connectivity index (χ4v) is 2.57. The highest BCUT2D eigenvalue weighted by Gasteiger charge is 2.29. The Balaban J connectivity index is 1.85. The van der Waals surface area contributed by atoms with Gasteiger partial charge in [0.2, 0.25) is 5.91 Å². The summed E-state index contributed by atoms with van der Waals surface area (Å²) in [5.74, 6) is -0.00652. The second-order valence-corrected chi connectivity index (χ2v) is 5.06. The molecule has 19 heavy (non-hydrogen) atoms. The number of carbonyl (C=O) groups is 1. The zero-order valence-electron chi connectivity index (χ0n) is 11.6. The van der Waals surface area contributed by atoms with E-state index in [-0.39, 0.29) is 24.1 Å². The minimum Gasteiger partial charge on any atom is -0.380 e. The first-order valence-corrected chi connectivity index (χ1v) is 6.85. The number of benzene rings is 1. The molecule has 1 aliphatic rings. The summed E-state index contributed by atoms with van der Waals surface area (Å²) in [5, 5.41) is 6.27. The molecule has 1 aliphatic carbocycles. The van der Waals surface area contributed by atoms with Crippen LogP contribution in [0.4, 0.5) is 5.69 Å². The van der Waals surface area contributed by atoms with Gasteiger partial charge in [0.15, 0.2) is 0 Å². The first kappa shape index (κ1) is 14.0. The van der Waals surface area contributed by atoms with Gasteiger partial charge in [0.25, 0.3) is 0 Å². The highest BCUT2D eigenvalue weighted by atomic mass is 16.5. The van der Waals surface area contributed by atoms with Crippen LogP contribution in [0.15, 0.2) is 30.3 Å². The average Bonchev–Trinajstić information content (AvgIpc) is 2.87. The van der Waals surface area contributed by atoms with Crippen molar-refractivity contribution in [2.24, 2.45) is 0 Å². The minimum absolute atomic E-state index is 0.00652. The summed E-state index contributed by atoms with van der Waals surface area (Å²) in [6.45, 7) is 1.89. The van der Waals surface area contributed by atoms with Gasteiger partial charge >= 0.3 is 0 Å². The van der Waals surface area contributed by atoms with E-state index in [1.165, 1.54) is 0 Å². The van der Waals surface area contributed by atoms with Gasteiger partial charge in [-0.15, -0.1) is 0 Å². The SMILES string of the molecule is COC1CCCC1NC(C)C(=O)Nc1ccccc1. The van der Waals surface area contributed by atoms with E-state index in [1.807, 2.05) is 37.3 Å². The van der Waals surface area contributed by atoms with Crippen LogP contribution in [0.1, 0.15) is 26.2 Å². The maximum Gasteiger partial charge on any atom is 0.241 e. The molecule has 0 radical (unpaired) electrons. The van der Waals surface area contributed by atoms with Crippen LogP contribution >= 0.6 is 0 Å². The van der Waals surface area contributed by atoms with E-state index in [2.05, 4.69) is 10.6 Å². The van der Waals surface area contributed by atoms with Crippen molar-refractivity contribution in [1.29, 1.82) is 0 Å². The van der Waals surface area contributed by atoms with Gasteiger partial charge in [-0.1, -0.05) is 18.2 Å². The van der Waals surface area contributed by atoms with Crippen LogP contribution in [0.5, 0.6) is 0 Å². The van der Waals surface area contributed by atoms with Crippen molar-refractivity contribution in [3.63, 3.8) is 0 Å². The monoisotopic (exact) mass is 262 g/mol. The molecule has 1 fully saturated rings. The average molecular weight is 262 g/mol. The minimum atomic E-state index is -0.221. The Hall–Kier alpha value is -1.39. The molecule has 0 saturated heterocycles. The predicted molar refractivity (Wildman–Crippen MR) is 76.1 cm³/mol. The number of hydrogen-bond donors (Lipinski definition) is 2. The zero-order valence-corrected chi connectivity index (χ0v) is 11.6. The van der Waals surface area contributed by atoms with Gasteiger partial charge in [-0.2, -0.15) is 0 Å². The number of rotatable bonds is 5. The standard InChI is InChI=1S/C15H22N2O2/c1-11(16-13-9-6-10-14(13)19-2)15(18)17-12-7-4-3-5-8-12/h3-5,7-8,11,13-14,16H,6,9-10H2,1-2H3,(H,17,18). The van der Waals surface area contributed by atoms with Gasteiger partial charge in [-0.3, -0.25) is 4.79 Å². The van der Waals surface area contributed by atoms with Crippen LogP contribution < -0.4 is 10.6 Å². The number of amides is 1. The Morgan fingerprint density at radius 2 is 2.05 bits per heavy atom. The van der Waals surface area contributed by atoms with Gasteiger partial charge in [0.1, 0.15) is 0 Å². The number of para-hydroxylation sites is 1.